The number of rotatable bonds is 3. The Morgan fingerprint density at radius 3 is 2.62 bits per heavy atom. The second kappa shape index (κ2) is 4.95. The van der Waals surface area contributed by atoms with E-state index in [1.54, 1.807) is 6.92 Å². The molecule has 1 aromatic heterocycles. The summed E-state index contributed by atoms with van der Waals surface area (Å²) in [5.74, 6) is -0.559. The van der Waals surface area contributed by atoms with E-state index >= 15 is 0 Å². The molecule has 0 aromatic carbocycles. The van der Waals surface area contributed by atoms with E-state index in [4.69, 9.17) is 28.8 Å². The number of hydrogen-bond acceptors (Lipinski definition) is 6. The van der Waals surface area contributed by atoms with Gasteiger partial charge in [-0.2, -0.15) is 0 Å². The van der Waals surface area contributed by atoms with Gasteiger partial charge in [0.1, 0.15) is 0 Å². The van der Waals surface area contributed by atoms with Gasteiger partial charge in [-0.1, -0.05) is 11.6 Å². The second-order valence-corrected chi connectivity index (χ2v) is 3.68. The molecule has 88 valence electrons. The number of anilines is 2. The van der Waals surface area contributed by atoms with Gasteiger partial charge in [0.25, 0.3) is 5.91 Å². The SMILES string of the molecule is C[C@@H](N)CNC(=O)c1nc(Cl)c(N)nc1N. The van der Waals surface area contributed by atoms with Gasteiger partial charge in [0.05, 0.1) is 0 Å². The van der Waals surface area contributed by atoms with Gasteiger partial charge in [-0.25, -0.2) is 9.97 Å². The lowest BCUT2D eigenvalue weighted by molar-refractivity contribution is 0.0947. The first-order valence-electron chi connectivity index (χ1n) is 4.54. The summed E-state index contributed by atoms with van der Waals surface area (Å²) in [6.45, 7) is 2.06. The highest BCUT2D eigenvalue weighted by Crippen LogP contribution is 2.16. The van der Waals surface area contributed by atoms with Crippen molar-refractivity contribution < 1.29 is 4.79 Å². The van der Waals surface area contributed by atoms with Gasteiger partial charge < -0.3 is 22.5 Å². The van der Waals surface area contributed by atoms with Crippen molar-refractivity contribution in [2.45, 2.75) is 13.0 Å². The number of nitrogens with zero attached hydrogens (tertiary/aromatic N) is 2. The zero-order valence-corrected chi connectivity index (χ0v) is 9.45. The summed E-state index contributed by atoms with van der Waals surface area (Å²) in [4.78, 5) is 19.0. The van der Waals surface area contributed by atoms with Gasteiger partial charge in [-0.15, -0.1) is 0 Å². The molecule has 0 spiro atoms. The van der Waals surface area contributed by atoms with Crippen molar-refractivity contribution in [1.82, 2.24) is 15.3 Å². The first-order chi connectivity index (χ1) is 7.41. The fourth-order valence-electron chi connectivity index (χ4n) is 0.946. The molecular formula is C8H13ClN6O. The molecule has 0 saturated heterocycles. The van der Waals surface area contributed by atoms with Crippen molar-refractivity contribution >= 4 is 29.1 Å². The molecule has 1 rings (SSSR count). The van der Waals surface area contributed by atoms with Crippen molar-refractivity contribution in [1.29, 1.82) is 0 Å². The van der Waals surface area contributed by atoms with Crippen LogP contribution in [0.25, 0.3) is 0 Å². The Morgan fingerprint density at radius 1 is 1.44 bits per heavy atom. The van der Waals surface area contributed by atoms with Crippen molar-refractivity contribution in [2.24, 2.45) is 5.73 Å². The molecule has 0 bridgehead atoms. The number of nitrogens with two attached hydrogens (primary N) is 3. The standard InChI is InChI=1S/C8H13ClN6O/c1-3(10)2-13-8(16)4-6(11)15-7(12)5(9)14-4/h3H,2,10H2,1H3,(H,13,16)(H4,11,12,15)/t3-/m1/s1. The number of hydrogen-bond donors (Lipinski definition) is 4. The number of halogens is 1. The smallest absolute Gasteiger partial charge is 0.273 e. The van der Waals surface area contributed by atoms with Crippen molar-refractivity contribution in [3.8, 4) is 0 Å². The van der Waals surface area contributed by atoms with Gasteiger partial charge in [0, 0.05) is 12.6 Å². The molecule has 1 atom stereocenters. The Morgan fingerprint density at radius 2 is 2.06 bits per heavy atom. The van der Waals surface area contributed by atoms with Crippen LogP contribution in [0, 0.1) is 0 Å². The van der Waals surface area contributed by atoms with Gasteiger partial charge >= 0.3 is 0 Å². The van der Waals surface area contributed by atoms with Gasteiger partial charge in [0.2, 0.25) is 0 Å². The number of aromatic nitrogens is 2. The van der Waals surface area contributed by atoms with E-state index in [0.717, 1.165) is 0 Å². The van der Waals surface area contributed by atoms with Crippen LogP contribution < -0.4 is 22.5 Å². The second-order valence-electron chi connectivity index (χ2n) is 3.32. The zero-order chi connectivity index (χ0) is 12.3. The lowest BCUT2D eigenvalue weighted by Gasteiger charge is -2.09. The number of nitrogen functional groups attached to an aromatic ring is 2. The normalized spacial score (nSPS) is 12.2. The maximum Gasteiger partial charge on any atom is 0.273 e. The van der Waals surface area contributed by atoms with Gasteiger partial charge in [-0.3, -0.25) is 4.79 Å². The molecule has 0 unspecified atom stereocenters. The maximum atomic E-state index is 11.6. The molecule has 1 amide bonds. The van der Waals surface area contributed by atoms with Gasteiger partial charge in [0.15, 0.2) is 22.5 Å². The highest BCUT2D eigenvalue weighted by atomic mass is 35.5. The fraction of sp³-hybridized carbons (Fsp3) is 0.375. The largest absolute Gasteiger partial charge is 0.382 e. The Bertz CT molecular complexity index is 408. The molecule has 0 aliphatic rings. The lowest BCUT2D eigenvalue weighted by atomic mass is 10.3. The predicted octanol–water partition coefficient (Wildman–Crippen LogP) is -0.629. The van der Waals surface area contributed by atoms with Crippen LogP contribution >= 0.6 is 11.6 Å². The van der Waals surface area contributed by atoms with E-state index in [0.29, 0.717) is 6.54 Å². The van der Waals surface area contributed by atoms with Crippen LogP contribution in [-0.2, 0) is 0 Å². The van der Waals surface area contributed by atoms with Crippen LogP contribution in [0.15, 0.2) is 0 Å². The minimum atomic E-state index is -0.482. The Kier molecular flexibility index (Phi) is 3.86. The Labute approximate surface area is 97.4 Å². The third-order valence-corrected chi connectivity index (χ3v) is 1.98. The first-order valence-corrected chi connectivity index (χ1v) is 4.92. The van der Waals surface area contributed by atoms with Crippen LogP contribution in [-0.4, -0.2) is 28.5 Å². The molecule has 0 radical (unpaired) electrons. The van der Waals surface area contributed by atoms with E-state index in [1.807, 2.05) is 0 Å². The van der Waals surface area contributed by atoms with E-state index in [-0.39, 0.29) is 28.5 Å². The summed E-state index contributed by atoms with van der Waals surface area (Å²) in [5, 5.41) is 2.48. The summed E-state index contributed by atoms with van der Waals surface area (Å²) in [6, 6.07) is -0.164. The van der Waals surface area contributed by atoms with E-state index in [1.165, 1.54) is 0 Å². The highest BCUT2D eigenvalue weighted by Gasteiger charge is 2.15. The summed E-state index contributed by atoms with van der Waals surface area (Å²) in [7, 11) is 0. The summed E-state index contributed by atoms with van der Waals surface area (Å²) in [6.07, 6.45) is 0. The molecule has 7 N–H and O–H groups in total. The molecule has 0 fully saturated rings. The fourth-order valence-corrected chi connectivity index (χ4v) is 1.07. The number of carbonyl (C=O) groups excluding carboxylic acids is 1. The van der Waals surface area contributed by atoms with Crippen molar-refractivity contribution in [2.75, 3.05) is 18.0 Å². The minimum absolute atomic E-state index is 0.0112. The van der Waals surface area contributed by atoms with Crippen LogP contribution in [0.1, 0.15) is 17.4 Å². The third-order valence-electron chi connectivity index (χ3n) is 1.70. The number of amides is 1. The summed E-state index contributed by atoms with van der Waals surface area (Å²) in [5.41, 5.74) is 16.3. The molecular weight excluding hydrogens is 232 g/mol. The average Bonchev–Trinajstić information content (AvgIpc) is 2.20. The monoisotopic (exact) mass is 244 g/mol. The molecule has 0 saturated carbocycles. The number of nitrogens with one attached hydrogen (secondary N) is 1. The molecule has 1 aromatic rings. The molecule has 0 aliphatic carbocycles. The van der Waals surface area contributed by atoms with Gasteiger partial charge in [-0.05, 0) is 6.92 Å². The molecule has 16 heavy (non-hydrogen) atoms. The molecule has 0 aliphatic heterocycles. The summed E-state index contributed by atoms with van der Waals surface area (Å²) >= 11 is 5.63. The molecule has 7 nitrogen and oxygen atoms in total. The quantitative estimate of drug-likeness (QED) is 0.560. The minimum Gasteiger partial charge on any atom is -0.382 e. The maximum absolute atomic E-state index is 11.6. The Balaban J connectivity index is 2.87. The van der Waals surface area contributed by atoms with E-state index in [2.05, 4.69) is 15.3 Å². The highest BCUT2D eigenvalue weighted by molar-refractivity contribution is 6.31. The third kappa shape index (κ3) is 2.94. The topological polar surface area (TPSA) is 133 Å². The van der Waals surface area contributed by atoms with Crippen molar-refractivity contribution in [3.63, 3.8) is 0 Å². The van der Waals surface area contributed by atoms with Crippen LogP contribution in [0.4, 0.5) is 11.6 Å². The lowest BCUT2D eigenvalue weighted by Crippen LogP contribution is -2.36. The van der Waals surface area contributed by atoms with Crippen LogP contribution in [0.5, 0.6) is 0 Å². The van der Waals surface area contributed by atoms with E-state index < -0.39 is 5.91 Å². The predicted molar refractivity (Wildman–Crippen MR) is 61.8 cm³/mol. The van der Waals surface area contributed by atoms with E-state index in [9.17, 15) is 4.79 Å². The Hall–Kier alpha value is -1.60. The molecule has 8 heteroatoms. The summed E-state index contributed by atoms with van der Waals surface area (Å²) < 4.78 is 0. The van der Waals surface area contributed by atoms with Crippen molar-refractivity contribution in [3.05, 3.63) is 10.8 Å². The average molecular weight is 245 g/mol. The van der Waals surface area contributed by atoms with Crippen LogP contribution in [0.2, 0.25) is 5.15 Å². The van der Waals surface area contributed by atoms with Crippen LogP contribution in [0.3, 0.4) is 0 Å². The molecule has 1 heterocycles. The zero-order valence-electron chi connectivity index (χ0n) is 8.70. The number of carbonyl (C=O) groups is 1. The first kappa shape index (κ1) is 12.5.